The maximum Gasteiger partial charge on any atom is 0.260 e. The minimum atomic E-state index is -0.606. The highest BCUT2D eigenvalue weighted by molar-refractivity contribution is 6.24. The Labute approximate surface area is 124 Å². The van der Waals surface area contributed by atoms with E-state index in [1.54, 1.807) is 13.0 Å². The molecule has 0 radical (unpaired) electrons. The van der Waals surface area contributed by atoms with Crippen LogP contribution >= 0.6 is 0 Å². The number of hydrogen-bond donors (Lipinski definition) is 3. The minimum Gasteiger partial charge on any atom is -0.511 e. The average Bonchev–Trinajstić information content (AvgIpc) is 2.24. The van der Waals surface area contributed by atoms with E-state index < -0.39 is 11.7 Å². The normalized spacial score (nSPS) is 12.1. The first-order valence-electron chi connectivity index (χ1n) is 6.77. The first kappa shape index (κ1) is 16.9. The standard InChI is InChI=1S/C16H21FN2O2/c1-9(2)5-14(20)15(11(4)18)16(21)19-13-7-10(3)6-12(17)8-13/h6-9,18,20H,5H2,1-4H3,(H,19,21)/b15-14+,18-11?. The van der Waals surface area contributed by atoms with Crippen molar-refractivity contribution < 1.29 is 14.3 Å². The van der Waals surface area contributed by atoms with Gasteiger partial charge in [0.1, 0.15) is 11.6 Å². The molecule has 1 aromatic carbocycles. The van der Waals surface area contributed by atoms with E-state index in [0.717, 1.165) is 0 Å². The van der Waals surface area contributed by atoms with Crippen molar-refractivity contribution in [1.29, 1.82) is 5.41 Å². The van der Waals surface area contributed by atoms with Crippen LogP contribution in [0.2, 0.25) is 0 Å². The van der Waals surface area contributed by atoms with Gasteiger partial charge in [0.15, 0.2) is 0 Å². The minimum absolute atomic E-state index is 0.0289. The van der Waals surface area contributed by atoms with Crippen molar-refractivity contribution in [2.24, 2.45) is 5.92 Å². The summed E-state index contributed by atoms with van der Waals surface area (Å²) in [5.41, 5.74) is 0.881. The number of rotatable bonds is 5. The molecule has 0 spiro atoms. The van der Waals surface area contributed by atoms with Crippen LogP contribution in [0.15, 0.2) is 29.5 Å². The highest BCUT2D eigenvalue weighted by atomic mass is 19.1. The van der Waals surface area contributed by atoms with Crippen LogP contribution in [0, 0.1) is 24.1 Å². The predicted octanol–water partition coefficient (Wildman–Crippen LogP) is 3.97. The lowest BCUT2D eigenvalue weighted by molar-refractivity contribution is -0.112. The van der Waals surface area contributed by atoms with Crippen LogP contribution in [0.3, 0.4) is 0 Å². The number of aliphatic hydroxyl groups is 1. The Kier molecular flexibility index (Phi) is 5.64. The summed E-state index contributed by atoms with van der Waals surface area (Å²) >= 11 is 0. The Morgan fingerprint density at radius 2 is 2.00 bits per heavy atom. The first-order chi connectivity index (χ1) is 9.70. The third kappa shape index (κ3) is 5.02. The van der Waals surface area contributed by atoms with E-state index in [1.807, 2.05) is 13.8 Å². The van der Waals surface area contributed by atoms with Gasteiger partial charge in [0.2, 0.25) is 0 Å². The Bertz CT molecular complexity index is 572. The number of allylic oxidation sites excluding steroid dienone is 1. The van der Waals surface area contributed by atoms with Gasteiger partial charge in [-0.05, 0) is 43.5 Å². The number of carbonyl (C=O) groups excluding carboxylic acids is 1. The molecule has 5 heteroatoms. The number of hydrogen-bond acceptors (Lipinski definition) is 3. The van der Waals surface area contributed by atoms with Gasteiger partial charge in [0.05, 0.1) is 5.57 Å². The summed E-state index contributed by atoms with van der Waals surface area (Å²) in [6.45, 7) is 6.96. The summed E-state index contributed by atoms with van der Waals surface area (Å²) in [5.74, 6) is -1.02. The van der Waals surface area contributed by atoms with Crippen LogP contribution in [0.25, 0.3) is 0 Å². The monoisotopic (exact) mass is 292 g/mol. The largest absolute Gasteiger partial charge is 0.511 e. The number of carbonyl (C=O) groups is 1. The second kappa shape index (κ2) is 7.02. The van der Waals surface area contributed by atoms with Crippen molar-refractivity contribution in [2.45, 2.75) is 34.1 Å². The zero-order valence-electron chi connectivity index (χ0n) is 12.7. The molecule has 1 aromatic rings. The van der Waals surface area contributed by atoms with Gasteiger partial charge >= 0.3 is 0 Å². The van der Waals surface area contributed by atoms with Gasteiger partial charge in [-0.3, -0.25) is 4.79 Å². The Morgan fingerprint density at radius 1 is 1.38 bits per heavy atom. The quantitative estimate of drug-likeness (QED) is 0.436. The van der Waals surface area contributed by atoms with Gasteiger partial charge in [0.25, 0.3) is 5.91 Å². The summed E-state index contributed by atoms with van der Waals surface area (Å²) in [6.07, 6.45) is 0.307. The fraction of sp³-hybridized carbons (Fsp3) is 0.375. The van der Waals surface area contributed by atoms with E-state index >= 15 is 0 Å². The van der Waals surface area contributed by atoms with Crippen LogP contribution < -0.4 is 5.32 Å². The number of nitrogens with one attached hydrogen (secondary N) is 2. The Morgan fingerprint density at radius 3 is 2.48 bits per heavy atom. The Balaban J connectivity index is 3.05. The van der Waals surface area contributed by atoms with E-state index in [1.165, 1.54) is 19.1 Å². The summed E-state index contributed by atoms with van der Waals surface area (Å²) in [4.78, 5) is 12.2. The molecule has 0 unspecified atom stereocenters. The number of benzene rings is 1. The molecule has 21 heavy (non-hydrogen) atoms. The summed E-state index contributed by atoms with van der Waals surface area (Å²) < 4.78 is 13.3. The number of aryl methyl sites for hydroxylation is 1. The molecule has 0 aliphatic rings. The van der Waals surface area contributed by atoms with E-state index in [4.69, 9.17) is 5.41 Å². The maximum atomic E-state index is 13.3. The third-order valence-electron chi connectivity index (χ3n) is 2.79. The van der Waals surface area contributed by atoms with Gasteiger partial charge in [-0.25, -0.2) is 4.39 Å². The number of anilines is 1. The number of aliphatic hydroxyl groups excluding tert-OH is 1. The van der Waals surface area contributed by atoms with E-state index in [9.17, 15) is 14.3 Å². The van der Waals surface area contributed by atoms with E-state index in [0.29, 0.717) is 17.7 Å². The fourth-order valence-electron chi connectivity index (χ4n) is 2.01. The molecule has 0 aliphatic heterocycles. The van der Waals surface area contributed by atoms with Crippen molar-refractivity contribution in [2.75, 3.05) is 5.32 Å². The topological polar surface area (TPSA) is 73.2 Å². The summed E-state index contributed by atoms with van der Waals surface area (Å²) in [5, 5.41) is 20.2. The zero-order valence-corrected chi connectivity index (χ0v) is 12.7. The third-order valence-corrected chi connectivity index (χ3v) is 2.79. The summed E-state index contributed by atoms with van der Waals surface area (Å²) in [6, 6.07) is 4.17. The van der Waals surface area contributed by atoms with Crippen LogP contribution in [0.1, 0.15) is 32.8 Å². The molecule has 4 nitrogen and oxygen atoms in total. The lowest BCUT2D eigenvalue weighted by Crippen LogP contribution is -2.21. The highest BCUT2D eigenvalue weighted by Crippen LogP contribution is 2.18. The van der Waals surface area contributed by atoms with E-state index in [2.05, 4.69) is 5.32 Å². The highest BCUT2D eigenvalue weighted by Gasteiger charge is 2.18. The fourth-order valence-corrected chi connectivity index (χ4v) is 2.01. The number of halogens is 1. The predicted molar refractivity (Wildman–Crippen MR) is 82.3 cm³/mol. The average molecular weight is 292 g/mol. The molecular weight excluding hydrogens is 271 g/mol. The molecular formula is C16H21FN2O2. The second-order valence-electron chi connectivity index (χ2n) is 5.52. The molecule has 1 rings (SSSR count). The molecule has 0 saturated heterocycles. The van der Waals surface area contributed by atoms with Crippen molar-refractivity contribution >= 4 is 17.3 Å². The van der Waals surface area contributed by atoms with Crippen LogP contribution in [-0.2, 0) is 4.79 Å². The summed E-state index contributed by atoms with van der Waals surface area (Å²) in [7, 11) is 0. The van der Waals surface area contributed by atoms with Gasteiger partial charge in [0, 0.05) is 17.8 Å². The Hall–Kier alpha value is -2.17. The van der Waals surface area contributed by atoms with Crippen molar-refractivity contribution in [3.8, 4) is 0 Å². The molecule has 0 atom stereocenters. The van der Waals surface area contributed by atoms with Crippen LogP contribution in [0.4, 0.5) is 10.1 Å². The molecule has 0 saturated carbocycles. The van der Waals surface area contributed by atoms with E-state index in [-0.39, 0.29) is 23.0 Å². The first-order valence-corrected chi connectivity index (χ1v) is 6.77. The molecule has 0 aromatic heterocycles. The molecule has 3 N–H and O–H groups in total. The van der Waals surface area contributed by atoms with Gasteiger partial charge in [-0.2, -0.15) is 0 Å². The molecule has 1 amide bonds. The van der Waals surface area contributed by atoms with Crippen molar-refractivity contribution in [3.05, 3.63) is 40.9 Å². The molecule has 0 aliphatic carbocycles. The smallest absolute Gasteiger partial charge is 0.260 e. The van der Waals surface area contributed by atoms with Crippen molar-refractivity contribution in [3.63, 3.8) is 0 Å². The van der Waals surface area contributed by atoms with Crippen molar-refractivity contribution in [1.82, 2.24) is 0 Å². The second-order valence-corrected chi connectivity index (χ2v) is 5.52. The molecule has 0 heterocycles. The van der Waals surface area contributed by atoms with Gasteiger partial charge in [-0.15, -0.1) is 0 Å². The molecule has 0 fully saturated rings. The van der Waals surface area contributed by atoms with Gasteiger partial charge < -0.3 is 15.8 Å². The van der Waals surface area contributed by atoms with Crippen LogP contribution in [-0.4, -0.2) is 16.7 Å². The van der Waals surface area contributed by atoms with Gasteiger partial charge in [-0.1, -0.05) is 13.8 Å². The zero-order chi connectivity index (χ0) is 16.2. The lowest BCUT2D eigenvalue weighted by Gasteiger charge is -2.12. The lowest BCUT2D eigenvalue weighted by atomic mass is 10.0. The SMILES string of the molecule is CC(=N)/C(C(=O)Nc1cc(C)cc(F)c1)=C(\O)CC(C)C. The molecule has 0 bridgehead atoms. The molecule has 114 valence electrons. The number of amides is 1. The maximum absolute atomic E-state index is 13.3. The van der Waals surface area contributed by atoms with Crippen LogP contribution in [0.5, 0.6) is 0 Å².